The van der Waals surface area contributed by atoms with Crippen LogP contribution in [0.25, 0.3) is 0 Å². The summed E-state index contributed by atoms with van der Waals surface area (Å²) >= 11 is 10.3. The predicted molar refractivity (Wildman–Crippen MR) is 63.8 cm³/mol. The molecule has 0 saturated carbocycles. The molecule has 84 valence electrons. The van der Waals surface area contributed by atoms with E-state index in [4.69, 9.17) is 22.0 Å². The van der Waals surface area contributed by atoms with Crippen LogP contribution in [0.5, 0.6) is 0 Å². The highest BCUT2D eigenvalue weighted by atomic mass is 35.5. The summed E-state index contributed by atoms with van der Waals surface area (Å²) in [5, 5.41) is 18.5. The minimum absolute atomic E-state index is 0.141. The SMILES string of the molecule is N#CC1(CO)CN(c2nccc(S)c2Cl)C1. The summed E-state index contributed by atoms with van der Waals surface area (Å²) in [6, 6.07) is 3.82. The fraction of sp³-hybridized carbons (Fsp3) is 0.400. The first kappa shape index (κ1) is 11.5. The predicted octanol–water partition coefficient (Wildman–Crippen LogP) is 1.35. The number of anilines is 1. The second-order valence-corrected chi connectivity index (χ2v) is 4.73. The fourth-order valence-corrected chi connectivity index (χ4v) is 2.08. The Morgan fingerprint density at radius 2 is 2.38 bits per heavy atom. The summed E-state index contributed by atoms with van der Waals surface area (Å²) in [7, 11) is 0. The number of hydrogen-bond donors (Lipinski definition) is 2. The van der Waals surface area contributed by atoms with Crippen molar-refractivity contribution in [2.75, 3.05) is 24.6 Å². The van der Waals surface area contributed by atoms with Gasteiger partial charge in [-0.25, -0.2) is 4.98 Å². The zero-order chi connectivity index (χ0) is 11.8. The zero-order valence-corrected chi connectivity index (χ0v) is 10.0. The number of nitriles is 1. The third-order valence-electron chi connectivity index (χ3n) is 2.68. The molecule has 0 atom stereocenters. The molecule has 0 radical (unpaired) electrons. The molecule has 0 spiro atoms. The maximum atomic E-state index is 9.11. The van der Waals surface area contributed by atoms with Gasteiger partial charge in [0.2, 0.25) is 0 Å². The molecule has 1 saturated heterocycles. The van der Waals surface area contributed by atoms with Crippen molar-refractivity contribution < 1.29 is 5.11 Å². The van der Waals surface area contributed by atoms with E-state index < -0.39 is 5.41 Å². The lowest BCUT2D eigenvalue weighted by Gasteiger charge is -2.45. The Hall–Kier alpha value is -0.960. The zero-order valence-electron chi connectivity index (χ0n) is 8.39. The second-order valence-electron chi connectivity index (χ2n) is 3.87. The smallest absolute Gasteiger partial charge is 0.148 e. The van der Waals surface area contributed by atoms with Crippen LogP contribution in [0.15, 0.2) is 17.2 Å². The van der Waals surface area contributed by atoms with Gasteiger partial charge in [0.15, 0.2) is 0 Å². The van der Waals surface area contributed by atoms with Crippen LogP contribution in [0, 0.1) is 16.7 Å². The number of nitrogens with zero attached hydrogens (tertiary/aromatic N) is 3. The first-order chi connectivity index (χ1) is 7.62. The van der Waals surface area contributed by atoms with E-state index in [0.29, 0.717) is 28.8 Å². The van der Waals surface area contributed by atoms with Crippen molar-refractivity contribution in [3.63, 3.8) is 0 Å². The Kier molecular flexibility index (Phi) is 2.98. The van der Waals surface area contributed by atoms with Gasteiger partial charge in [-0.05, 0) is 6.07 Å². The highest BCUT2D eigenvalue weighted by Crippen LogP contribution is 2.37. The van der Waals surface area contributed by atoms with Crippen LogP contribution in [-0.2, 0) is 0 Å². The van der Waals surface area contributed by atoms with Crippen molar-refractivity contribution in [1.82, 2.24) is 4.98 Å². The number of pyridine rings is 1. The molecule has 1 fully saturated rings. The van der Waals surface area contributed by atoms with E-state index in [1.165, 1.54) is 0 Å². The van der Waals surface area contributed by atoms with Crippen molar-refractivity contribution >= 4 is 30.0 Å². The molecule has 0 bridgehead atoms. The molecule has 0 unspecified atom stereocenters. The highest BCUT2D eigenvalue weighted by Gasteiger charge is 2.44. The van der Waals surface area contributed by atoms with Gasteiger partial charge in [0, 0.05) is 24.2 Å². The lowest BCUT2D eigenvalue weighted by atomic mass is 9.82. The van der Waals surface area contributed by atoms with Crippen LogP contribution in [-0.4, -0.2) is 29.8 Å². The van der Waals surface area contributed by atoms with Gasteiger partial charge < -0.3 is 10.0 Å². The van der Waals surface area contributed by atoms with Gasteiger partial charge in [0.05, 0.1) is 17.7 Å². The quantitative estimate of drug-likeness (QED) is 0.783. The van der Waals surface area contributed by atoms with Crippen LogP contribution in [0.3, 0.4) is 0 Å². The van der Waals surface area contributed by atoms with Crippen LogP contribution in [0.2, 0.25) is 5.02 Å². The molecule has 0 aliphatic carbocycles. The molecule has 1 aromatic heterocycles. The molecule has 1 N–H and O–H groups in total. The number of aliphatic hydroxyl groups excluding tert-OH is 1. The Labute approximate surface area is 104 Å². The van der Waals surface area contributed by atoms with Crippen molar-refractivity contribution in [3.8, 4) is 6.07 Å². The molecule has 16 heavy (non-hydrogen) atoms. The Morgan fingerprint density at radius 3 is 2.94 bits per heavy atom. The fourth-order valence-electron chi connectivity index (χ4n) is 1.68. The Morgan fingerprint density at radius 1 is 1.69 bits per heavy atom. The highest BCUT2D eigenvalue weighted by molar-refractivity contribution is 7.80. The topological polar surface area (TPSA) is 60.1 Å². The molecular formula is C10H10ClN3OS. The number of halogens is 1. The molecule has 1 aliphatic rings. The van der Waals surface area contributed by atoms with Gasteiger partial charge >= 0.3 is 0 Å². The minimum Gasteiger partial charge on any atom is -0.395 e. The number of aromatic nitrogens is 1. The van der Waals surface area contributed by atoms with Crippen LogP contribution in [0.4, 0.5) is 5.82 Å². The van der Waals surface area contributed by atoms with Gasteiger partial charge in [-0.3, -0.25) is 0 Å². The third kappa shape index (κ3) is 1.73. The van der Waals surface area contributed by atoms with E-state index in [2.05, 4.69) is 23.7 Å². The normalized spacial score (nSPS) is 17.8. The first-order valence-corrected chi connectivity index (χ1v) is 5.55. The summed E-state index contributed by atoms with van der Waals surface area (Å²) in [6.45, 7) is 0.756. The van der Waals surface area contributed by atoms with Gasteiger partial charge in [-0.15, -0.1) is 12.6 Å². The van der Waals surface area contributed by atoms with E-state index in [9.17, 15) is 0 Å². The molecule has 2 rings (SSSR count). The first-order valence-electron chi connectivity index (χ1n) is 4.72. The largest absolute Gasteiger partial charge is 0.395 e. The molecule has 6 heteroatoms. The van der Waals surface area contributed by atoms with Crippen molar-refractivity contribution in [1.29, 1.82) is 5.26 Å². The van der Waals surface area contributed by atoms with E-state index in [0.717, 1.165) is 0 Å². The van der Waals surface area contributed by atoms with Crippen molar-refractivity contribution in [2.24, 2.45) is 5.41 Å². The second kappa shape index (κ2) is 4.13. The van der Waals surface area contributed by atoms with Crippen LogP contribution in [0.1, 0.15) is 0 Å². The standard InChI is InChI=1S/C10H10ClN3OS/c11-8-7(16)1-2-13-9(8)14-4-10(3-12,5-14)6-15/h1-2,15H,4-6H2,(H,13,16). The molecule has 0 aromatic carbocycles. The molecule has 2 heterocycles. The summed E-state index contributed by atoms with van der Waals surface area (Å²) in [4.78, 5) is 6.67. The lowest BCUT2D eigenvalue weighted by Crippen LogP contribution is -2.58. The monoisotopic (exact) mass is 255 g/mol. The van der Waals surface area contributed by atoms with Crippen LogP contribution >= 0.6 is 24.2 Å². The Bertz CT molecular complexity index is 454. The third-order valence-corrected chi connectivity index (χ3v) is 3.55. The molecular weight excluding hydrogens is 246 g/mol. The van der Waals surface area contributed by atoms with Crippen molar-refractivity contribution in [3.05, 3.63) is 17.3 Å². The van der Waals surface area contributed by atoms with Gasteiger partial charge in [0.25, 0.3) is 0 Å². The van der Waals surface area contributed by atoms with Crippen molar-refractivity contribution in [2.45, 2.75) is 4.90 Å². The van der Waals surface area contributed by atoms with Gasteiger partial charge in [-0.1, -0.05) is 11.6 Å². The average Bonchev–Trinajstić information content (AvgIpc) is 2.24. The number of aliphatic hydroxyl groups is 1. The average molecular weight is 256 g/mol. The molecule has 1 aliphatic heterocycles. The van der Waals surface area contributed by atoms with E-state index in [-0.39, 0.29) is 6.61 Å². The summed E-state index contributed by atoms with van der Waals surface area (Å²) in [6.07, 6.45) is 1.62. The summed E-state index contributed by atoms with van der Waals surface area (Å²) in [5.74, 6) is 0.619. The number of hydrogen-bond acceptors (Lipinski definition) is 5. The van der Waals surface area contributed by atoms with E-state index >= 15 is 0 Å². The van der Waals surface area contributed by atoms with Gasteiger partial charge in [0.1, 0.15) is 11.2 Å². The summed E-state index contributed by atoms with van der Waals surface area (Å²) in [5.41, 5.74) is -0.669. The molecule has 1 aromatic rings. The number of rotatable bonds is 2. The minimum atomic E-state index is -0.669. The molecule has 0 amide bonds. The van der Waals surface area contributed by atoms with E-state index in [1.54, 1.807) is 12.3 Å². The van der Waals surface area contributed by atoms with Gasteiger partial charge in [-0.2, -0.15) is 5.26 Å². The van der Waals surface area contributed by atoms with E-state index in [1.807, 2.05) is 4.90 Å². The lowest BCUT2D eigenvalue weighted by molar-refractivity contribution is 0.144. The van der Waals surface area contributed by atoms with Crippen LogP contribution < -0.4 is 4.90 Å². The maximum Gasteiger partial charge on any atom is 0.148 e. The number of thiol groups is 1. The maximum absolute atomic E-state index is 9.11. The molecule has 4 nitrogen and oxygen atoms in total. The summed E-state index contributed by atoms with van der Waals surface area (Å²) < 4.78 is 0. The Balaban J connectivity index is 2.19.